The molecular formula is C24H23FN4O4S. The molecule has 0 saturated heterocycles. The molecular weight excluding hydrogens is 459 g/mol. The molecule has 0 atom stereocenters. The predicted molar refractivity (Wildman–Crippen MR) is 125 cm³/mol. The molecule has 4 rings (SSSR count). The number of aromatic nitrogens is 3. The summed E-state index contributed by atoms with van der Waals surface area (Å²) < 4.78 is 49.3. The molecule has 2 heterocycles. The zero-order valence-electron chi connectivity index (χ0n) is 19.0. The van der Waals surface area contributed by atoms with Crippen LogP contribution < -0.4 is 9.46 Å². The summed E-state index contributed by atoms with van der Waals surface area (Å²) in [6, 6.07) is 11.9. The van der Waals surface area contributed by atoms with Gasteiger partial charge in [-0.15, -0.1) is 0 Å². The molecule has 2 aromatic heterocycles. The fraction of sp³-hybridized carbons (Fsp3) is 0.208. The first-order valence-corrected chi connectivity index (χ1v) is 11.8. The van der Waals surface area contributed by atoms with Gasteiger partial charge in [-0.25, -0.2) is 27.2 Å². The van der Waals surface area contributed by atoms with Crippen LogP contribution in [0.5, 0.6) is 5.75 Å². The Bertz CT molecular complexity index is 1490. The molecule has 0 fully saturated rings. The van der Waals surface area contributed by atoms with Gasteiger partial charge in [0.25, 0.3) is 15.9 Å². The SMILES string of the molecule is COc1ccc(C(C)(C)C)cc1S(=O)(=O)NC(=O)c1ccc2c(-n3cccn3)c(F)ccc2n1. The minimum absolute atomic E-state index is 0.110. The highest BCUT2D eigenvalue weighted by Gasteiger charge is 2.26. The van der Waals surface area contributed by atoms with E-state index in [-0.39, 0.29) is 27.4 Å². The fourth-order valence-electron chi connectivity index (χ4n) is 3.50. The van der Waals surface area contributed by atoms with E-state index in [2.05, 4.69) is 14.8 Å². The lowest BCUT2D eigenvalue weighted by molar-refractivity contribution is 0.0977. The second kappa shape index (κ2) is 8.53. The van der Waals surface area contributed by atoms with E-state index in [0.717, 1.165) is 5.56 Å². The lowest BCUT2D eigenvalue weighted by atomic mass is 9.87. The van der Waals surface area contributed by atoms with Crippen molar-refractivity contribution < 1.29 is 22.3 Å². The van der Waals surface area contributed by atoms with E-state index in [4.69, 9.17) is 4.74 Å². The minimum atomic E-state index is -4.28. The smallest absolute Gasteiger partial charge is 0.283 e. The summed E-state index contributed by atoms with van der Waals surface area (Å²) in [5, 5.41) is 4.48. The van der Waals surface area contributed by atoms with Gasteiger partial charge >= 0.3 is 0 Å². The molecule has 0 aliphatic heterocycles. The van der Waals surface area contributed by atoms with Crippen LogP contribution in [0.2, 0.25) is 0 Å². The van der Waals surface area contributed by atoms with E-state index in [1.165, 1.54) is 48.3 Å². The number of carbonyl (C=O) groups is 1. The largest absolute Gasteiger partial charge is 0.495 e. The number of nitrogens with zero attached hydrogens (tertiary/aromatic N) is 3. The molecule has 0 aliphatic rings. The monoisotopic (exact) mass is 482 g/mol. The molecule has 1 amide bonds. The van der Waals surface area contributed by atoms with Crippen LogP contribution in [0.4, 0.5) is 4.39 Å². The average molecular weight is 483 g/mol. The molecule has 10 heteroatoms. The number of carbonyl (C=O) groups excluding carboxylic acids is 1. The van der Waals surface area contributed by atoms with Gasteiger partial charge in [-0.1, -0.05) is 26.8 Å². The van der Waals surface area contributed by atoms with Crippen LogP contribution >= 0.6 is 0 Å². The maximum absolute atomic E-state index is 14.5. The molecule has 0 unspecified atom stereocenters. The van der Waals surface area contributed by atoms with Crippen molar-refractivity contribution in [2.45, 2.75) is 31.1 Å². The Labute approximate surface area is 196 Å². The van der Waals surface area contributed by atoms with Gasteiger partial charge < -0.3 is 4.74 Å². The van der Waals surface area contributed by atoms with E-state index >= 15 is 0 Å². The molecule has 1 N–H and O–H groups in total. The Kier molecular flexibility index (Phi) is 5.86. The van der Waals surface area contributed by atoms with Crippen molar-refractivity contribution >= 4 is 26.8 Å². The second-order valence-corrected chi connectivity index (χ2v) is 10.3. The molecule has 0 saturated carbocycles. The summed E-state index contributed by atoms with van der Waals surface area (Å²) in [4.78, 5) is 16.9. The van der Waals surface area contributed by atoms with Crippen LogP contribution in [0.15, 0.2) is 65.8 Å². The van der Waals surface area contributed by atoms with Gasteiger partial charge in [0, 0.05) is 17.8 Å². The number of hydrogen-bond donors (Lipinski definition) is 1. The van der Waals surface area contributed by atoms with Crippen molar-refractivity contribution in [3.8, 4) is 11.4 Å². The lowest BCUT2D eigenvalue weighted by Crippen LogP contribution is -2.31. The molecule has 0 radical (unpaired) electrons. The fourth-order valence-corrected chi connectivity index (χ4v) is 4.66. The third-order valence-corrected chi connectivity index (χ3v) is 6.66. The van der Waals surface area contributed by atoms with E-state index in [1.807, 2.05) is 20.8 Å². The van der Waals surface area contributed by atoms with Crippen molar-refractivity contribution in [1.82, 2.24) is 19.5 Å². The Hall–Kier alpha value is -3.79. The number of ether oxygens (including phenoxy) is 1. The van der Waals surface area contributed by atoms with Crippen molar-refractivity contribution in [1.29, 1.82) is 0 Å². The zero-order valence-corrected chi connectivity index (χ0v) is 19.9. The van der Waals surface area contributed by atoms with Gasteiger partial charge in [0.05, 0.1) is 12.6 Å². The Morgan fingerprint density at radius 1 is 1.12 bits per heavy atom. The Morgan fingerprint density at radius 3 is 2.53 bits per heavy atom. The quantitative estimate of drug-likeness (QED) is 0.462. The summed E-state index contributed by atoms with van der Waals surface area (Å²) in [7, 11) is -2.92. The summed E-state index contributed by atoms with van der Waals surface area (Å²) in [5.41, 5.74) is 0.794. The Morgan fingerprint density at radius 2 is 1.88 bits per heavy atom. The van der Waals surface area contributed by atoms with Crippen LogP contribution in [-0.2, 0) is 15.4 Å². The highest BCUT2D eigenvalue weighted by atomic mass is 32.2. The number of rotatable bonds is 5. The van der Waals surface area contributed by atoms with Gasteiger partial charge in [-0.3, -0.25) is 4.79 Å². The third-order valence-electron chi connectivity index (χ3n) is 5.31. The van der Waals surface area contributed by atoms with Crippen molar-refractivity contribution in [3.63, 3.8) is 0 Å². The number of sulfonamides is 1. The highest BCUT2D eigenvalue weighted by molar-refractivity contribution is 7.90. The molecule has 4 aromatic rings. The molecule has 0 bridgehead atoms. The number of nitrogens with one attached hydrogen (secondary N) is 1. The first kappa shape index (κ1) is 23.4. The van der Waals surface area contributed by atoms with Crippen molar-refractivity contribution in [3.05, 3.63) is 78.0 Å². The highest BCUT2D eigenvalue weighted by Crippen LogP contribution is 2.31. The summed E-state index contributed by atoms with van der Waals surface area (Å²) in [6.07, 6.45) is 3.10. The molecule has 0 aliphatic carbocycles. The van der Waals surface area contributed by atoms with E-state index in [9.17, 15) is 17.6 Å². The topological polar surface area (TPSA) is 103 Å². The zero-order chi connectivity index (χ0) is 24.7. The minimum Gasteiger partial charge on any atom is -0.495 e. The Balaban J connectivity index is 1.70. The predicted octanol–water partition coefficient (Wildman–Crippen LogP) is 3.98. The first-order valence-electron chi connectivity index (χ1n) is 10.4. The second-order valence-electron chi connectivity index (χ2n) is 8.66. The molecule has 0 spiro atoms. The van der Waals surface area contributed by atoms with Crippen LogP contribution in [0.1, 0.15) is 36.8 Å². The van der Waals surface area contributed by atoms with Crippen molar-refractivity contribution in [2.24, 2.45) is 0 Å². The molecule has 8 nitrogen and oxygen atoms in total. The van der Waals surface area contributed by atoms with Gasteiger partial charge in [0.15, 0.2) is 0 Å². The van der Waals surface area contributed by atoms with Gasteiger partial charge in [-0.05, 0) is 53.4 Å². The summed E-state index contributed by atoms with van der Waals surface area (Å²) in [5.74, 6) is -1.32. The number of hydrogen-bond acceptors (Lipinski definition) is 6. The maximum Gasteiger partial charge on any atom is 0.283 e. The van der Waals surface area contributed by atoms with Gasteiger partial charge in [0.2, 0.25) is 0 Å². The number of fused-ring (bicyclic) bond motifs is 1. The van der Waals surface area contributed by atoms with Crippen LogP contribution in [-0.4, -0.2) is 36.2 Å². The van der Waals surface area contributed by atoms with Gasteiger partial charge in [-0.2, -0.15) is 5.10 Å². The van der Waals surface area contributed by atoms with Crippen LogP contribution in [0.3, 0.4) is 0 Å². The van der Waals surface area contributed by atoms with Crippen molar-refractivity contribution in [2.75, 3.05) is 7.11 Å². The molecule has 176 valence electrons. The maximum atomic E-state index is 14.5. The number of amides is 1. The van der Waals surface area contributed by atoms with E-state index in [0.29, 0.717) is 10.9 Å². The first-order chi connectivity index (χ1) is 16.0. The third kappa shape index (κ3) is 4.36. The normalized spacial score (nSPS) is 12.0. The molecule has 34 heavy (non-hydrogen) atoms. The lowest BCUT2D eigenvalue weighted by Gasteiger charge is -2.21. The molecule has 2 aromatic carbocycles. The number of pyridine rings is 1. The van der Waals surface area contributed by atoms with E-state index < -0.39 is 21.7 Å². The number of halogens is 1. The standard InChI is InChI=1S/C24H23FN4O4S/c1-24(2,3)15-6-11-20(33-4)21(14-15)34(31,32)28-23(30)19-9-7-16-18(27-19)10-8-17(25)22(16)29-13-5-12-26-29/h5-14H,1-4H3,(H,28,30). The summed E-state index contributed by atoms with van der Waals surface area (Å²) >= 11 is 0. The van der Waals surface area contributed by atoms with Crippen LogP contribution in [0, 0.1) is 5.82 Å². The number of methoxy groups -OCH3 is 1. The summed E-state index contributed by atoms with van der Waals surface area (Å²) in [6.45, 7) is 5.84. The average Bonchev–Trinajstić information content (AvgIpc) is 3.31. The van der Waals surface area contributed by atoms with Gasteiger partial charge in [0.1, 0.15) is 27.8 Å². The number of benzene rings is 2. The van der Waals surface area contributed by atoms with Crippen LogP contribution in [0.25, 0.3) is 16.6 Å². The van der Waals surface area contributed by atoms with E-state index in [1.54, 1.807) is 24.4 Å².